The van der Waals surface area contributed by atoms with Gasteiger partial charge in [0.2, 0.25) is 0 Å². The van der Waals surface area contributed by atoms with Crippen molar-refractivity contribution >= 4 is 0 Å². The van der Waals surface area contributed by atoms with Crippen molar-refractivity contribution in [3.63, 3.8) is 0 Å². The Morgan fingerprint density at radius 1 is 1.14 bits per heavy atom. The van der Waals surface area contributed by atoms with E-state index in [0.29, 0.717) is 18.8 Å². The molecule has 0 saturated carbocycles. The highest BCUT2D eigenvalue weighted by Crippen LogP contribution is 2.24. The third kappa shape index (κ3) is 4.49. The Kier molecular flexibility index (Phi) is 5.79. The Hall–Kier alpha value is -2.54. The van der Waals surface area contributed by atoms with Crippen molar-refractivity contribution in [1.82, 2.24) is 0 Å². The first-order valence-corrected chi connectivity index (χ1v) is 7.15. The van der Waals surface area contributed by atoms with Crippen LogP contribution in [0, 0.1) is 17.1 Å². The summed E-state index contributed by atoms with van der Waals surface area (Å²) >= 11 is 0. The molecule has 2 aromatic rings. The fourth-order valence-electron chi connectivity index (χ4n) is 2.17. The monoisotopic (exact) mass is 299 g/mol. The molecular formula is C18H18FNO2. The Morgan fingerprint density at radius 3 is 2.59 bits per heavy atom. The van der Waals surface area contributed by atoms with Crippen molar-refractivity contribution in [1.29, 1.82) is 5.26 Å². The predicted octanol–water partition coefficient (Wildman–Crippen LogP) is 4.30. The molecule has 1 unspecified atom stereocenters. The topological polar surface area (TPSA) is 42.2 Å². The predicted molar refractivity (Wildman–Crippen MR) is 82.5 cm³/mol. The van der Waals surface area contributed by atoms with Crippen LogP contribution in [-0.2, 0) is 0 Å². The first-order valence-electron chi connectivity index (χ1n) is 7.15. The van der Waals surface area contributed by atoms with Crippen molar-refractivity contribution < 1.29 is 13.9 Å². The zero-order valence-corrected chi connectivity index (χ0v) is 12.5. The summed E-state index contributed by atoms with van der Waals surface area (Å²) < 4.78 is 23.5. The van der Waals surface area contributed by atoms with E-state index in [-0.39, 0.29) is 11.7 Å². The average molecular weight is 299 g/mol. The molecule has 0 N–H and O–H groups in total. The Labute approximate surface area is 129 Å². The summed E-state index contributed by atoms with van der Waals surface area (Å²) in [5.41, 5.74) is 0.948. The summed E-state index contributed by atoms with van der Waals surface area (Å²) in [4.78, 5) is 0. The van der Waals surface area contributed by atoms with Gasteiger partial charge in [-0.25, -0.2) is 4.39 Å². The third-order valence-electron chi connectivity index (χ3n) is 3.37. The van der Waals surface area contributed by atoms with Crippen LogP contribution in [0.5, 0.6) is 11.5 Å². The molecule has 2 aromatic carbocycles. The quantitative estimate of drug-likeness (QED) is 0.716. The Bertz CT molecular complexity index is 634. The lowest BCUT2D eigenvalue weighted by Crippen LogP contribution is -2.02. The SMILES string of the molecule is COc1cccc(C(C#N)CCCOc2ccc(F)cc2)c1. The van der Waals surface area contributed by atoms with Crippen LogP contribution in [0.15, 0.2) is 48.5 Å². The number of hydrogen-bond acceptors (Lipinski definition) is 3. The van der Waals surface area contributed by atoms with Crippen LogP contribution in [0.25, 0.3) is 0 Å². The van der Waals surface area contributed by atoms with E-state index in [9.17, 15) is 9.65 Å². The molecule has 0 aliphatic carbocycles. The summed E-state index contributed by atoms with van der Waals surface area (Å²) in [7, 11) is 1.61. The number of nitriles is 1. The van der Waals surface area contributed by atoms with Gasteiger partial charge in [0.1, 0.15) is 17.3 Å². The summed E-state index contributed by atoms with van der Waals surface area (Å²) in [6.07, 6.45) is 1.44. The molecule has 22 heavy (non-hydrogen) atoms. The van der Waals surface area contributed by atoms with E-state index in [1.54, 1.807) is 19.2 Å². The van der Waals surface area contributed by atoms with Crippen LogP contribution < -0.4 is 9.47 Å². The minimum Gasteiger partial charge on any atom is -0.497 e. The minimum absolute atomic E-state index is 0.188. The maximum Gasteiger partial charge on any atom is 0.123 e. The first kappa shape index (κ1) is 15.8. The number of methoxy groups -OCH3 is 1. The first-order chi connectivity index (χ1) is 10.7. The second-order valence-electron chi connectivity index (χ2n) is 4.90. The maximum atomic E-state index is 12.8. The molecule has 0 saturated heterocycles. The van der Waals surface area contributed by atoms with Crippen LogP contribution in [0.2, 0.25) is 0 Å². The third-order valence-corrected chi connectivity index (χ3v) is 3.37. The lowest BCUT2D eigenvalue weighted by Gasteiger charge is -2.11. The fourth-order valence-corrected chi connectivity index (χ4v) is 2.17. The molecule has 0 bridgehead atoms. The largest absolute Gasteiger partial charge is 0.497 e. The highest BCUT2D eigenvalue weighted by molar-refractivity contribution is 5.33. The fraction of sp³-hybridized carbons (Fsp3) is 0.278. The normalized spacial score (nSPS) is 11.5. The smallest absolute Gasteiger partial charge is 0.123 e. The van der Waals surface area contributed by atoms with Gasteiger partial charge >= 0.3 is 0 Å². The summed E-state index contributed by atoms with van der Waals surface area (Å²) in [5.74, 6) is 0.915. The minimum atomic E-state index is -0.282. The zero-order valence-electron chi connectivity index (χ0n) is 12.5. The lowest BCUT2D eigenvalue weighted by molar-refractivity contribution is 0.304. The highest BCUT2D eigenvalue weighted by Gasteiger charge is 2.11. The number of rotatable bonds is 7. The molecule has 0 radical (unpaired) electrons. The van der Waals surface area contributed by atoms with Crippen molar-refractivity contribution in [3.8, 4) is 17.6 Å². The van der Waals surface area contributed by atoms with Crippen molar-refractivity contribution in [3.05, 3.63) is 59.9 Å². The molecule has 0 spiro atoms. The van der Waals surface area contributed by atoms with E-state index in [2.05, 4.69) is 6.07 Å². The maximum absolute atomic E-state index is 12.8. The van der Waals surface area contributed by atoms with E-state index >= 15 is 0 Å². The standard InChI is InChI=1S/C18H18FNO2/c1-21-18-6-2-4-14(12-18)15(13-20)5-3-11-22-17-9-7-16(19)8-10-17/h2,4,6-10,12,15H,3,5,11H2,1H3. The summed E-state index contributed by atoms with van der Waals surface area (Å²) in [5, 5.41) is 9.32. The second-order valence-corrected chi connectivity index (χ2v) is 4.90. The van der Waals surface area contributed by atoms with Crippen LogP contribution >= 0.6 is 0 Å². The summed E-state index contributed by atoms with van der Waals surface area (Å²) in [6, 6.07) is 15.8. The van der Waals surface area contributed by atoms with E-state index in [4.69, 9.17) is 9.47 Å². The van der Waals surface area contributed by atoms with Crippen molar-refractivity contribution in [2.45, 2.75) is 18.8 Å². The average Bonchev–Trinajstić information content (AvgIpc) is 2.56. The summed E-state index contributed by atoms with van der Waals surface area (Å²) in [6.45, 7) is 0.494. The van der Waals surface area contributed by atoms with Gasteiger partial charge in [0.15, 0.2) is 0 Å². The zero-order chi connectivity index (χ0) is 15.8. The van der Waals surface area contributed by atoms with Crippen molar-refractivity contribution in [2.75, 3.05) is 13.7 Å². The number of hydrogen-bond donors (Lipinski definition) is 0. The molecule has 2 rings (SSSR count). The highest BCUT2D eigenvalue weighted by atomic mass is 19.1. The van der Waals surface area contributed by atoms with Crippen molar-refractivity contribution in [2.24, 2.45) is 0 Å². The van der Waals surface area contributed by atoms with Crippen LogP contribution in [0.3, 0.4) is 0 Å². The van der Waals surface area contributed by atoms with Gasteiger partial charge in [-0.2, -0.15) is 5.26 Å². The second kappa shape index (κ2) is 8.04. The molecule has 4 heteroatoms. The van der Waals surface area contributed by atoms with Gasteiger partial charge in [-0.05, 0) is 54.8 Å². The molecule has 1 atom stereocenters. The lowest BCUT2D eigenvalue weighted by atomic mass is 9.96. The van der Waals surface area contributed by atoms with E-state index in [1.807, 2.05) is 24.3 Å². The van der Waals surface area contributed by atoms with Crippen LogP contribution in [0.1, 0.15) is 24.3 Å². The molecule has 0 heterocycles. The Morgan fingerprint density at radius 2 is 1.91 bits per heavy atom. The van der Waals surface area contributed by atoms with Gasteiger partial charge in [0.25, 0.3) is 0 Å². The van der Waals surface area contributed by atoms with E-state index < -0.39 is 0 Å². The molecule has 0 fully saturated rings. The molecule has 0 aliphatic rings. The molecule has 0 aromatic heterocycles. The molecule has 0 amide bonds. The van der Waals surface area contributed by atoms with Crippen LogP contribution in [0.4, 0.5) is 4.39 Å². The van der Waals surface area contributed by atoms with Gasteiger partial charge in [0.05, 0.1) is 25.7 Å². The number of ether oxygens (including phenoxy) is 2. The van der Waals surface area contributed by atoms with Gasteiger partial charge < -0.3 is 9.47 Å². The molecular weight excluding hydrogens is 281 g/mol. The van der Waals surface area contributed by atoms with Gasteiger partial charge in [0, 0.05) is 0 Å². The Balaban J connectivity index is 1.83. The van der Waals surface area contributed by atoms with Gasteiger partial charge in [-0.1, -0.05) is 12.1 Å². The van der Waals surface area contributed by atoms with Gasteiger partial charge in [-0.15, -0.1) is 0 Å². The number of halogens is 1. The van der Waals surface area contributed by atoms with E-state index in [0.717, 1.165) is 17.7 Å². The number of benzene rings is 2. The molecule has 3 nitrogen and oxygen atoms in total. The van der Waals surface area contributed by atoms with Crippen LogP contribution in [-0.4, -0.2) is 13.7 Å². The number of nitrogens with zero attached hydrogens (tertiary/aromatic N) is 1. The van der Waals surface area contributed by atoms with Gasteiger partial charge in [-0.3, -0.25) is 0 Å². The molecule has 114 valence electrons. The molecule has 0 aliphatic heterocycles. The van der Waals surface area contributed by atoms with E-state index in [1.165, 1.54) is 12.1 Å².